The molecular formula is C15H19N3O. The molecule has 0 atom stereocenters. The molecule has 0 radical (unpaired) electrons. The second kappa shape index (κ2) is 5.05. The number of nitrogens with two attached hydrogens (primary N) is 1. The van der Waals surface area contributed by atoms with Gasteiger partial charge in [0.25, 0.3) is 0 Å². The van der Waals surface area contributed by atoms with Gasteiger partial charge in [0.05, 0.1) is 0 Å². The minimum Gasteiger partial charge on any atom is -0.398 e. The molecule has 2 N–H and O–H groups in total. The van der Waals surface area contributed by atoms with Crippen LogP contribution in [0.5, 0.6) is 0 Å². The van der Waals surface area contributed by atoms with Gasteiger partial charge in [-0.1, -0.05) is 0 Å². The second-order valence-corrected chi connectivity index (χ2v) is 5.05. The highest BCUT2D eigenvalue weighted by Gasteiger charge is 2.20. The van der Waals surface area contributed by atoms with Crippen LogP contribution in [0, 0.1) is 0 Å². The first kappa shape index (κ1) is 12.2. The summed E-state index contributed by atoms with van der Waals surface area (Å²) in [6.45, 7) is 1.69. The van der Waals surface area contributed by atoms with Crippen LogP contribution in [0.25, 0.3) is 10.8 Å². The molecule has 0 unspecified atom stereocenters. The Morgan fingerprint density at radius 1 is 1.21 bits per heavy atom. The molecule has 4 nitrogen and oxygen atoms in total. The van der Waals surface area contributed by atoms with Crippen LogP contribution in [0.3, 0.4) is 0 Å². The highest BCUT2D eigenvalue weighted by atomic mass is 16.5. The predicted molar refractivity (Wildman–Crippen MR) is 78.4 cm³/mol. The number of aromatic nitrogens is 1. The van der Waals surface area contributed by atoms with E-state index in [-0.39, 0.29) is 0 Å². The molecule has 3 rings (SSSR count). The van der Waals surface area contributed by atoms with Crippen molar-refractivity contribution in [1.29, 1.82) is 0 Å². The zero-order valence-corrected chi connectivity index (χ0v) is 11.2. The van der Waals surface area contributed by atoms with E-state index in [4.69, 9.17) is 10.5 Å². The molecule has 0 bridgehead atoms. The Morgan fingerprint density at radius 3 is 2.79 bits per heavy atom. The summed E-state index contributed by atoms with van der Waals surface area (Å²) in [6, 6.07) is 6.58. The van der Waals surface area contributed by atoms with Gasteiger partial charge in [-0.05, 0) is 31.0 Å². The highest BCUT2D eigenvalue weighted by molar-refractivity contribution is 6.00. The van der Waals surface area contributed by atoms with Crippen LogP contribution in [-0.2, 0) is 4.74 Å². The number of fused-ring (bicyclic) bond motifs is 1. The van der Waals surface area contributed by atoms with Crippen molar-refractivity contribution in [2.24, 2.45) is 0 Å². The van der Waals surface area contributed by atoms with E-state index in [0.29, 0.717) is 6.04 Å². The Labute approximate surface area is 113 Å². The van der Waals surface area contributed by atoms with E-state index in [1.165, 1.54) is 5.69 Å². The molecule has 0 spiro atoms. The summed E-state index contributed by atoms with van der Waals surface area (Å²) in [5.74, 6) is 0. The van der Waals surface area contributed by atoms with E-state index >= 15 is 0 Å². The van der Waals surface area contributed by atoms with Gasteiger partial charge in [0.2, 0.25) is 0 Å². The molecule has 1 aromatic carbocycles. The van der Waals surface area contributed by atoms with Crippen LogP contribution in [0.15, 0.2) is 30.6 Å². The van der Waals surface area contributed by atoms with E-state index in [0.717, 1.165) is 42.5 Å². The standard InChI is InChI=1S/C15H19N3O/c1-18(11-5-8-19-9-6-11)15-3-2-14(16)12-4-7-17-10-13(12)15/h2-4,7,10-11H,5-6,8-9,16H2,1H3. The van der Waals surface area contributed by atoms with Crippen molar-refractivity contribution in [3.63, 3.8) is 0 Å². The topological polar surface area (TPSA) is 51.4 Å². The van der Waals surface area contributed by atoms with Gasteiger partial charge in [0.1, 0.15) is 0 Å². The minimum absolute atomic E-state index is 0.529. The van der Waals surface area contributed by atoms with Gasteiger partial charge < -0.3 is 15.4 Å². The molecule has 2 aromatic rings. The number of hydrogen-bond donors (Lipinski definition) is 1. The highest BCUT2D eigenvalue weighted by Crippen LogP contribution is 2.32. The Bertz CT molecular complexity index is 579. The smallest absolute Gasteiger partial charge is 0.0485 e. The molecule has 0 saturated carbocycles. The third-order valence-electron chi connectivity index (χ3n) is 3.95. The van der Waals surface area contributed by atoms with Gasteiger partial charge >= 0.3 is 0 Å². The maximum atomic E-state index is 6.04. The third-order valence-corrected chi connectivity index (χ3v) is 3.95. The first-order valence-electron chi connectivity index (χ1n) is 6.70. The average Bonchev–Trinajstić information content (AvgIpc) is 2.48. The zero-order chi connectivity index (χ0) is 13.2. The summed E-state index contributed by atoms with van der Waals surface area (Å²) in [7, 11) is 2.15. The molecule has 0 amide bonds. The fraction of sp³-hybridized carbons (Fsp3) is 0.400. The van der Waals surface area contributed by atoms with Crippen LogP contribution in [0.4, 0.5) is 11.4 Å². The van der Waals surface area contributed by atoms with Crippen molar-refractivity contribution >= 4 is 22.1 Å². The normalized spacial score (nSPS) is 16.7. The quantitative estimate of drug-likeness (QED) is 0.839. The van der Waals surface area contributed by atoms with Crippen LogP contribution in [0.2, 0.25) is 0 Å². The van der Waals surface area contributed by atoms with Gasteiger partial charge in [-0.25, -0.2) is 0 Å². The molecule has 4 heteroatoms. The van der Waals surface area contributed by atoms with Crippen molar-refractivity contribution in [2.45, 2.75) is 18.9 Å². The number of pyridine rings is 1. The second-order valence-electron chi connectivity index (χ2n) is 5.05. The van der Waals surface area contributed by atoms with Gasteiger partial charge in [0, 0.05) is 60.8 Å². The summed E-state index contributed by atoms with van der Waals surface area (Å²) < 4.78 is 5.43. The van der Waals surface area contributed by atoms with Crippen LogP contribution in [0.1, 0.15) is 12.8 Å². The van der Waals surface area contributed by atoms with E-state index in [9.17, 15) is 0 Å². The SMILES string of the molecule is CN(c1ccc(N)c2ccncc12)C1CCOCC1. The molecule has 1 aromatic heterocycles. The Morgan fingerprint density at radius 2 is 2.00 bits per heavy atom. The van der Waals surface area contributed by atoms with Gasteiger partial charge in [-0.3, -0.25) is 4.98 Å². The monoisotopic (exact) mass is 257 g/mol. The lowest BCUT2D eigenvalue weighted by Gasteiger charge is -2.33. The number of hydrogen-bond acceptors (Lipinski definition) is 4. The van der Waals surface area contributed by atoms with Crippen molar-refractivity contribution in [3.05, 3.63) is 30.6 Å². The number of rotatable bonds is 2. The first-order valence-corrected chi connectivity index (χ1v) is 6.70. The number of benzene rings is 1. The lowest BCUT2D eigenvalue weighted by Crippen LogP contribution is -2.36. The fourth-order valence-electron chi connectivity index (χ4n) is 2.78. The van der Waals surface area contributed by atoms with Gasteiger partial charge in [0.15, 0.2) is 0 Å². The fourth-order valence-corrected chi connectivity index (χ4v) is 2.78. The molecule has 1 fully saturated rings. The summed E-state index contributed by atoms with van der Waals surface area (Å²) in [5, 5.41) is 2.20. The molecule has 100 valence electrons. The number of anilines is 2. The Hall–Kier alpha value is -1.81. The average molecular weight is 257 g/mol. The van der Waals surface area contributed by atoms with Crippen LogP contribution < -0.4 is 10.6 Å². The largest absolute Gasteiger partial charge is 0.398 e. The van der Waals surface area contributed by atoms with Crippen molar-refractivity contribution in [1.82, 2.24) is 4.98 Å². The summed E-state index contributed by atoms with van der Waals surface area (Å²) in [6.07, 6.45) is 5.83. The van der Waals surface area contributed by atoms with E-state index in [2.05, 4.69) is 23.0 Å². The predicted octanol–water partition coefficient (Wildman–Crippen LogP) is 2.43. The minimum atomic E-state index is 0.529. The number of ether oxygens (including phenoxy) is 1. The molecule has 19 heavy (non-hydrogen) atoms. The maximum Gasteiger partial charge on any atom is 0.0485 e. The zero-order valence-electron chi connectivity index (χ0n) is 11.2. The summed E-state index contributed by atoms with van der Waals surface area (Å²) >= 11 is 0. The summed E-state index contributed by atoms with van der Waals surface area (Å²) in [4.78, 5) is 6.57. The van der Waals surface area contributed by atoms with Crippen molar-refractivity contribution < 1.29 is 4.74 Å². The maximum absolute atomic E-state index is 6.04. The molecule has 2 heterocycles. The van der Waals surface area contributed by atoms with Gasteiger partial charge in [-0.15, -0.1) is 0 Å². The van der Waals surface area contributed by atoms with E-state index in [1.807, 2.05) is 18.3 Å². The van der Waals surface area contributed by atoms with Crippen molar-refractivity contribution in [3.8, 4) is 0 Å². The first-order chi connectivity index (χ1) is 9.27. The van der Waals surface area contributed by atoms with Crippen LogP contribution in [-0.4, -0.2) is 31.3 Å². The lowest BCUT2D eigenvalue weighted by molar-refractivity contribution is 0.0855. The molecule has 1 saturated heterocycles. The third kappa shape index (κ3) is 2.24. The van der Waals surface area contributed by atoms with E-state index in [1.54, 1.807) is 6.20 Å². The van der Waals surface area contributed by atoms with Crippen molar-refractivity contribution in [2.75, 3.05) is 30.9 Å². The Balaban J connectivity index is 2.02. The molecule has 1 aliphatic heterocycles. The molecule has 0 aliphatic carbocycles. The molecular weight excluding hydrogens is 238 g/mol. The van der Waals surface area contributed by atoms with Gasteiger partial charge in [-0.2, -0.15) is 0 Å². The number of nitrogens with zero attached hydrogens (tertiary/aromatic N) is 2. The molecule has 1 aliphatic rings. The summed E-state index contributed by atoms with van der Waals surface area (Å²) in [5.41, 5.74) is 8.04. The Kier molecular flexibility index (Phi) is 3.25. The van der Waals surface area contributed by atoms with Crippen LogP contribution >= 0.6 is 0 Å². The van der Waals surface area contributed by atoms with E-state index < -0.39 is 0 Å². The lowest BCUT2D eigenvalue weighted by atomic mass is 10.0. The number of nitrogen functional groups attached to an aromatic ring is 1.